The summed E-state index contributed by atoms with van der Waals surface area (Å²) in [4.78, 5) is 2.26. The molecule has 1 aromatic heterocycles. The maximum Gasteiger partial charge on any atom is 0.268 e. The molecule has 4 rings (SSSR count). The Hall–Kier alpha value is -2.24. The molecule has 9 heteroatoms. The van der Waals surface area contributed by atoms with Crippen LogP contribution in [0.5, 0.6) is 0 Å². The lowest BCUT2D eigenvalue weighted by atomic mass is 10.2. The maximum atomic E-state index is 13.1. The summed E-state index contributed by atoms with van der Waals surface area (Å²) in [5.41, 5.74) is 1.72. The first-order chi connectivity index (χ1) is 13.0. The van der Waals surface area contributed by atoms with E-state index in [1.807, 2.05) is 6.07 Å². The number of rotatable bonds is 3. The quantitative estimate of drug-likeness (QED) is 0.681. The smallest absolute Gasteiger partial charge is 0.268 e. The van der Waals surface area contributed by atoms with Gasteiger partial charge < -0.3 is 10.2 Å². The van der Waals surface area contributed by atoms with Crippen LogP contribution in [0, 0.1) is 11.3 Å². The van der Waals surface area contributed by atoms with Crippen LogP contribution in [0.4, 0.5) is 5.69 Å². The highest BCUT2D eigenvalue weighted by Crippen LogP contribution is 2.36. The minimum Gasteiger partial charge on any atom is -0.367 e. The van der Waals surface area contributed by atoms with Crippen molar-refractivity contribution in [3.63, 3.8) is 0 Å². The van der Waals surface area contributed by atoms with Gasteiger partial charge in [0.25, 0.3) is 10.0 Å². The highest BCUT2D eigenvalue weighted by atomic mass is 35.5. The van der Waals surface area contributed by atoms with E-state index in [9.17, 15) is 8.42 Å². The molecule has 0 unspecified atom stereocenters. The third-order valence-corrected chi connectivity index (χ3v) is 6.70. The number of aromatic nitrogens is 1. The topological polar surface area (TPSA) is 78.1 Å². The fraction of sp³-hybridized carbons (Fsp3) is 0.211. The van der Waals surface area contributed by atoms with Gasteiger partial charge in [-0.3, -0.25) is 0 Å². The fourth-order valence-corrected chi connectivity index (χ4v) is 5.09. The lowest BCUT2D eigenvalue weighted by molar-refractivity contribution is 0.588. The molecule has 0 aliphatic carbocycles. The van der Waals surface area contributed by atoms with Gasteiger partial charge in [0.1, 0.15) is 0 Å². The zero-order valence-electron chi connectivity index (χ0n) is 14.8. The molecule has 1 aliphatic rings. The van der Waals surface area contributed by atoms with Gasteiger partial charge in [-0.2, -0.15) is 5.26 Å². The second-order valence-electron chi connectivity index (χ2n) is 6.32. The number of piperazine rings is 1. The first-order valence-electron chi connectivity index (χ1n) is 8.53. The first-order valence-corrected chi connectivity index (χ1v) is 10.3. The van der Waals surface area contributed by atoms with Gasteiger partial charge in [0.2, 0.25) is 0 Å². The van der Waals surface area contributed by atoms with E-state index in [0.29, 0.717) is 16.1 Å². The lowest BCUT2D eigenvalue weighted by Crippen LogP contribution is -2.43. The average Bonchev–Trinajstić information content (AvgIpc) is 3.13. The van der Waals surface area contributed by atoms with Crippen LogP contribution in [-0.4, -0.2) is 38.6 Å². The van der Waals surface area contributed by atoms with Crippen LogP contribution >= 0.6 is 24.0 Å². The molecule has 0 saturated carbocycles. The molecule has 28 heavy (non-hydrogen) atoms. The molecule has 1 N–H and O–H groups in total. The largest absolute Gasteiger partial charge is 0.367 e. The van der Waals surface area contributed by atoms with Gasteiger partial charge in [-0.25, -0.2) is 12.4 Å². The molecule has 3 aromatic rings. The van der Waals surface area contributed by atoms with Gasteiger partial charge in [0, 0.05) is 37.8 Å². The number of nitrogens with one attached hydrogen (secondary N) is 1. The Kier molecular flexibility index (Phi) is 5.87. The first kappa shape index (κ1) is 20.5. The van der Waals surface area contributed by atoms with E-state index in [4.69, 9.17) is 16.9 Å². The average molecular weight is 437 g/mol. The standard InChI is InChI=1S/C19H17ClN4O2S.ClH/c20-17-4-5-18-16(19(17)23-10-7-22-8-11-23)6-9-24(18)27(25,26)15-3-1-2-14(12-15)13-21;/h1-6,9,12,22H,7-8,10-11H2;1H. The SMILES string of the molecule is Cl.N#Cc1cccc(S(=O)(=O)n2ccc3c(N4CCNCC4)c(Cl)ccc32)c1. The van der Waals surface area contributed by atoms with Crippen molar-refractivity contribution >= 4 is 50.6 Å². The number of benzene rings is 2. The minimum absolute atomic E-state index is 0. The third kappa shape index (κ3) is 3.45. The molecule has 0 atom stereocenters. The second kappa shape index (κ2) is 8.02. The summed E-state index contributed by atoms with van der Waals surface area (Å²) in [5.74, 6) is 0. The predicted molar refractivity (Wildman–Crippen MR) is 113 cm³/mol. The summed E-state index contributed by atoms with van der Waals surface area (Å²) >= 11 is 6.46. The molecule has 0 amide bonds. The summed E-state index contributed by atoms with van der Waals surface area (Å²) in [6.45, 7) is 3.32. The van der Waals surface area contributed by atoms with Crippen LogP contribution in [0.2, 0.25) is 5.02 Å². The zero-order chi connectivity index (χ0) is 19.0. The highest BCUT2D eigenvalue weighted by molar-refractivity contribution is 7.90. The Balaban J connectivity index is 0.00000225. The number of nitriles is 1. The van der Waals surface area contributed by atoms with E-state index in [1.54, 1.807) is 36.5 Å². The van der Waals surface area contributed by atoms with Gasteiger partial charge in [-0.1, -0.05) is 17.7 Å². The van der Waals surface area contributed by atoms with E-state index in [2.05, 4.69) is 10.2 Å². The fourth-order valence-electron chi connectivity index (χ4n) is 3.41. The van der Waals surface area contributed by atoms with E-state index < -0.39 is 10.0 Å². The van der Waals surface area contributed by atoms with Crippen LogP contribution in [0.15, 0.2) is 53.6 Å². The van der Waals surface area contributed by atoms with Gasteiger partial charge in [-0.05, 0) is 36.4 Å². The number of fused-ring (bicyclic) bond motifs is 1. The Morgan fingerprint density at radius 1 is 1.11 bits per heavy atom. The van der Waals surface area contributed by atoms with E-state index in [-0.39, 0.29) is 17.3 Å². The molecular weight excluding hydrogens is 419 g/mol. The lowest BCUT2D eigenvalue weighted by Gasteiger charge is -2.30. The van der Waals surface area contributed by atoms with Crippen molar-refractivity contribution in [2.24, 2.45) is 0 Å². The van der Waals surface area contributed by atoms with Gasteiger partial charge in [-0.15, -0.1) is 12.4 Å². The molecular formula is C19H18Cl2N4O2S. The highest BCUT2D eigenvalue weighted by Gasteiger charge is 2.23. The summed E-state index contributed by atoms with van der Waals surface area (Å²) in [6.07, 6.45) is 1.54. The second-order valence-corrected chi connectivity index (χ2v) is 8.54. The Morgan fingerprint density at radius 3 is 2.57 bits per heavy atom. The molecule has 2 aromatic carbocycles. The van der Waals surface area contributed by atoms with Crippen molar-refractivity contribution in [2.45, 2.75) is 4.90 Å². The number of halogens is 2. The molecule has 146 valence electrons. The molecule has 0 bridgehead atoms. The van der Waals surface area contributed by atoms with E-state index in [1.165, 1.54) is 16.1 Å². The molecule has 0 radical (unpaired) electrons. The van der Waals surface area contributed by atoms with Crippen molar-refractivity contribution in [3.8, 4) is 6.07 Å². The Bertz CT molecular complexity index is 1160. The van der Waals surface area contributed by atoms with Crippen LogP contribution in [0.1, 0.15) is 5.56 Å². The summed E-state index contributed by atoms with van der Waals surface area (Å²) in [7, 11) is -3.82. The summed E-state index contributed by atoms with van der Waals surface area (Å²) in [5, 5.41) is 13.8. The number of hydrogen-bond donors (Lipinski definition) is 1. The molecule has 2 heterocycles. The van der Waals surface area contributed by atoms with E-state index >= 15 is 0 Å². The summed E-state index contributed by atoms with van der Waals surface area (Å²) in [6, 6.07) is 13.2. The molecule has 1 aliphatic heterocycles. The maximum absolute atomic E-state index is 13.1. The van der Waals surface area contributed by atoms with Crippen LogP contribution in [-0.2, 0) is 10.0 Å². The van der Waals surface area contributed by atoms with Crippen molar-refractivity contribution in [2.75, 3.05) is 31.1 Å². The molecule has 6 nitrogen and oxygen atoms in total. The zero-order valence-corrected chi connectivity index (χ0v) is 17.2. The van der Waals surface area contributed by atoms with Crippen molar-refractivity contribution in [1.82, 2.24) is 9.29 Å². The van der Waals surface area contributed by atoms with Gasteiger partial charge in [0.05, 0.1) is 32.8 Å². The van der Waals surface area contributed by atoms with Crippen LogP contribution in [0.3, 0.4) is 0 Å². The molecule has 1 fully saturated rings. The summed E-state index contributed by atoms with van der Waals surface area (Å²) < 4.78 is 27.5. The predicted octanol–water partition coefficient (Wildman–Crippen LogP) is 3.23. The Morgan fingerprint density at radius 2 is 1.86 bits per heavy atom. The number of hydrogen-bond acceptors (Lipinski definition) is 5. The van der Waals surface area contributed by atoms with Crippen LogP contribution < -0.4 is 10.2 Å². The van der Waals surface area contributed by atoms with E-state index in [0.717, 1.165) is 37.3 Å². The normalized spacial score (nSPS) is 14.5. The Labute approximate surface area is 174 Å². The minimum atomic E-state index is -3.82. The van der Waals surface area contributed by atoms with Gasteiger partial charge in [0.15, 0.2) is 0 Å². The monoisotopic (exact) mass is 436 g/mol. The number of anilines is 1. The molecule has 0 spiro atoms. The van der Waals surface area contributed by atoms with Crippen molar-refractivity contribution in [1.29, 1.82) is 5.26 Å². The van der Waals surface area contributed by atoms with Crippen molar-refractivity contribution < 1.29 is 8.42 Å². The number of nitrogens with zero attached hydrogens (tertiary/aromatic N) is 3. The molecule has 1 saturated heterocycles. The van der Waals surface area contributed by atoms with Crippen molar-refractivity contribution in [3.05, 3.63) is 59.2 Å². The van der Waals surface area contributed by atoms with Gasteiger partial charge >= 0.3 is 0 Å². The van der Waals surface area contributed by atoms with Crippen LogP contribution in [0.25, 0.3) is 10.9 Å². The third-order valence-electron chi connectivity index (χ3n) is 4.71.